The molecule has 23 heavy (non-hydrogen) atoms. The van der Waals surface area contributed by atoms with Crippen molar-refractivity contribution in [2.45, 2.75) is 49.7 Å². The smallest absolute Gasteiger partial charge is 0.320 e. The Labute approximate surface area is 135 Å². The number of nitrogens with one attached hydrogen (secondary N) is 2. The minimum Gasteiger partial charge on any atom is -0.497 e. The Morgan fingerprint density at radius 3 is 2.39 bits per heavy atom. The summed E-state index contributed by atoms with van der Waals surface area (Å²) in [6.45, 7) is 0. The van der Waals surface area contributed by atoms with E-state index in [1.165, 1.54) is 5.56 Å². The lowest BCUT2D eigenvalue weighted by Gasteiger charge is -2.36. The van der Waals surface area contributed by atoms with Crippen molar-refractivity contribution in [1.82, 2.24) is 10.6 Å². The van der Waals surface area contributed by atoms with Gasteiger partial charge in [0.1, 0.15) is 11.8 Å². The van der Waals surface area contributed by atoms with E-state index < -0.39 is 12.0 Å². The lowest BCUT2D eigenvalue weighted by Crippen LogP contribution is -2.51. The quantitative estimate of drug-likeness (QED) is 0.761. The average molecular weight is 318 g/mol. The molecular formula is C17H22N2O4. The molecule has 0 spiro atoms. The maximum absolute atomic E-state index is 12.2. The summed E-state index contributed by atoms with van der Waals surface area (Å²) in [5.41, 5.74) is 1.27. The third-order valence-corrected chi connectivity index (χ3v) is 4.83. The van der Waals surface area contributed by atoms with Crippen LogP contribution in [0.25, 0.3) is 0 Å². The lowest BCUT2D eigenvalue weighted by molar-refractivity contribution is -0.139. The molecule has 1 aliphatic heterocycles. The van der Waals surface area contributed by atoms with Gasteiger partial charge in [-0.15, -0.1) is 0 Å². The van der Waals surface area contributed by atoms with Crippen molar-refractivity contribution in [2.75, 3.05) is 7.11 Å². The van der Waals surface area contributed by atoms with Gasteiger partial charge in [0.25, 0.3) is 0 Å². The first kappa shape index (κ1) is 15.8. The molecule has 1 amide bonds. The first-order valence-corrected chi connectivity index (χ1v) is 8.00. The molecule has 1 aromatic rings. The normalized spacial score (nSPS) is 29.6. The SMILES string of the molecule is COc1ccc(C2CC(NC(=O)[C@@H]3CC[C@H](C(=O)O)N3)C2)cc1. The number of hydrogen-bond donors (Lipinski definition) is 3. The molecule has 1 aliphatic carbocycles. The van der Waals surface area contributed by atoms with E-state index in [4.69, 9.17) is 9.84 Å². The van der Waals surface area contributed by atoms with Crippen LogP contribution in [-0.2, 0) is 9.59 Å². The summed E-state index contributed by atoms with van der Waals surface area (Å²) in [5.74, 6) is 0.350. The molecule has 1 heterocycles. The van der Waals surface area contributed by atoms with Crippen LogP contribution < -0.4 is 15.4 Å². The van der Waals surface area contributed by atoms with Gasteiger partial charge in [-0.2, -0.15) is 0 Å². The van der Waals surface area contributed by atoms with Gasteiger partial charge in [-0.25, -0.2) is 0 Å². The van der Waals surface area contributed by atoms with Crippen LogP contribution in [0.1, 0.15) is 37.2 Å². The number of benzene rings is 1. The van der Waals surface area contributed by atoms with Crippen molar-refractivity contribution >= 4 is 11.9 Å². The van der Waals surface area contributed by atoms with Crippen LogP contribution in [0.5, 0.6) is 5.75 Å². The summed E-state index contributed by atoms with van der Waals surface area (Å²) >= 11 is 0. The number of carboxylic acids is 1. The van der Waals surface area contributed by atoms with E-state index in [9.17, 15) is 9.59 Å². The Kier molecular flexibility index (Phi) is 4.52. The number of rotatable bonds is 5. The number of aliphatic carboxylic acids is 1. The predicted molar refractivity (Wildman–Crippen MR) is 84.5 cm³/mol. The summed E-state index contributed by atoms with van der Waals surface area (Å²) in [4.78, 5) is 23.1. The largest absolute Gasteiger partial charge is 0.497 e. The van der Waals surface area contributed by atoms with Crippen LogP contribution in [0, 0.1) is 0 Å². The molecule has 6 nitrogen and oxygen atoms in total. The molecule has 0 unspecified atom stereocenters. The van der Waals surface area contributed by atoms with Crippen LogP contribution in [0.15, 0.2) is 24.3 Å². The molecule has 0 bridgehead atoms. The van der Waals surface area contributed by atoms with E-state index >= 15 is 0 Å². The van der Waals surface area contributed by atoms with E-state index in [1.54, 1.807) is 7.11 Å². The summed E-state index contributed by atoms with van der Waals surface area (Å²) in [6.07, 6.45) is 2.93. The molecule has 2 atom stereocenters. The summed E-state index contributed by atoms with van der Waals surface area (Å²) in [5, 5.41) is 14.8. The highest BCUT2D eigenvalue weighted by atomic mass is 16.5. The van der Waals surface area contributed by atoms with E-state index in [-0.39, 0.29) is 18.0 Å². The second kappa shape index (κ2) is 6.58. The number of ether oxygens (including phenoxy) is 1. The lowest BCUT2D eigenvalue weighted by atomic mass is 9.76. The molecule has 2 aliphatic rings. The van der Waals surface area contributed by atoms with Gasteiger partial charge in [0.05, 0.1) is 13.2 Å². The van der Waals surface area contributed by atoms with Gasteiger partial charge in [0.15, 0.2) is 0 Å². The van der Waals surface area contributed by atoms with Crippen LogP contribution in [0.4, 0.5) is 0 Å². The monoisotopic (exact) mass is 318 g/mol. The van der Waals surface area contributed by atoms with Crippen molar-refractivity contribution in [2.24, 2.45) is 0 Å². The minimum absolute atomic E-state index is 0.0769. The number of carbonyl (C=O) groups excluding carboxylic acids is 1. The maximum atomic E-state index is 12.2. The van der Waals surface area contributed by atoms with Crippen LogP contribution in [-0.4, -0.2) is 42.2 Å². The molecular weight excluding hydrogens is 296 g/mol. The Balaban J connectivity index is 1.45. The van der Waals surface area contributed by atoms with Crippen molar-refractivity contribution in [3.63, 3.8) is 0 Å². The van der Waals surface area contributed by atoms with Crippen LogP contribution in [0.2, 0.25) is 0 Å². The summed E-state index contributed by atoms with van der Waals surface area (Å²) < 4.78 is 5.15. The van der Waals surface area contributed by atoms with Gasteiger partial charge < -0.3 is 15.2 Å². The Bertz CT molecular complexity index is 581. The van der Waals surface area contributed by atoms with Gasteiger partial charge in [0.2, 0.25) is 5.91 Å². The van der Waals surface area contributed by atoms with Crippen molar-refractivity contribution < 1.29 is 19.4 Å². The van der Waals surface area contributed by atoms with Gasteiger partial charge in [0, 0.05) is 6.04 Å². The van der Waals surface area contributed by atoms with Gasteiger partial charge in [-0.1, -0.05) is 12.1 Å². The fourth-order valence-corrected chi connectivity index (χ4v) is 3.33. The molecule has 0 aromatic heterocycles. The zero-order valence-corrected chi connectivity index (χ0v) is 13.1. The molecule has 3 N–H and O–H groups in total. The van der Waals surface area contributed by atoms with Crippen molar-refractivity contribution in [3.05, 3.63) is 29.8 Å². The van der Waals surface area contributed by atoms with Gasteiger partial charge in [-0.3, -0.25) is 14.9 Å². The number of hydrogen-bond acceptors (Lipinski definition) is 4. The minimum atomic E-state index is -0.886. The van der Waals surface area contributed by atoms with Crippen molar-refractivity contribution in [1.29, 1.82) is 0 Å². The molecule has 6 heteroatoms. The zero-order valence-electron chi connectivity index (χ0n) is 13.1. The van der Waals surface area contributed by atoms with Gasteiger partial charge >= 0.3 is 5.97 Å². The van der Waals surface area contributed by atoms with Crippen LogP contribution >= 0.6 is 0 Å². The van der Waals surface area contributed by atoms with Crippen LogP contribution in [0.3, 0.4) is 0 Å². The fraction of sp³-hybridized carbons (Fsp3) is 0.529. The highest BCUT2D eigenvalue weighted by Gasteiger charge is 2.36. The molecule has 1 aromatic carbocycles. The molecule has 1 saturated carbocycles. The number of methoxy groups -OCH3 is 1. The first-order valence-electron chi connectivity index (χ1n) is 8.00. The topological polar surface area (TPSA) is 87.7 Å². The highest BCUT2D eigenvalue weighted by molar-refractivity contribution is 5.84. The average Bonchev–Trinajstić information content (AvgIpc) is 3.01. The van der Waals surface area contributed by atoms with Crippen molar-refractivity contribution in [3.8, 4) is 5.75 Å². The summed E-state index contributed by atoms with van der Waals surface area (Å²) in [6, 6.07) is 7.25. The number of amides is 1. The van der Waals surface area contributed by atoms with E-state index in [2.05, 4.69) is 22.8 Å². The first-order chi connectivity index (χ1) is 11.1. The fourth-order valence-electron chi connectivity index (χ4n) is 3.33. The van der Waals surface area contributed by atoms with E-state index in [0.29, 0.717) is 18.8 Å². The number of carboxylic acid groups (broad SMARTS) is 1. The van der Waals surface area contributed by atoms with Gasteiger partial charge in [-0.05, 0) is 49.3 Å². The molecule has 1 saturated heterocycles. The Morgan fingerprint density at radius 1 is 1.17 bits per heavy atom. The highest BCUT2D eigenvalue weighted by Crippen LogP contribution is 2.37. The standard InChI is InChI=1S/C17H22N2O4/c1-23-13-4-2-10(3-5-13)11-8-12(9-11)18-16(20)14-6-7-15(19-14)17(21)22/h2-5,11-12,14-15,19H,6-9H2,1H3,(H,18,20)(H,21,22)/t11?,12?,14-,15+/m0/s1. The third-order valence-electron chi connectivity index (χ3n) is 4.83. The zero-order chi connectivity index (χ0) is 16.4. The molecule has 2 fully saturated rings. The summed E-state index contributed by atoms with van der Waals surface area (Å²) in [7, 11) is 1.65. The maximum Gasteiger partial charge on any atom is 0.320 e. The van der Waals surface area contributed by atoms with E-state index in [1.807, 2.05) is 12.1 Å². The Hall–Kier alpha value is -2.08. The molecule has 124 valence electrons. The van der Waals surface area contributed by atoms with E-state index in [0.717, 1.165) is 18.6 Å². The Morgan fingerprint density at radius 2 is 1.83 bits per heavy atom. The second-order valence-corrected chi connectivity index (χ2v) is 6.33. The predicted octanol–water partition coefficient (Wildman–Crippen LogP) is 1.26. The third kappa shape index (κ3) is 3.47. The molecule has 0 radical (unpaired) electrons. The number of carbonyl (C=O) groups is 2. The molecule has 3 rings (SSSR count). The second-order valence-electron chi connectivity index (χ2n) is 6.33.